The number of hydrogen-bond acceptors (Lipinski definition) is 3. The van der Waals surface area contributed by atoms with Crippen molar-refractivity contribution in [3.05, 3.63) is 30.1 Å². The Labute approximate surface area is 81.4 Å². The van der Waals surface area contributed by atoms with Crippen molar-refractivity contribution in [3.8, 4) is 0 Å². The van der Waals surface area contributed by atoms with Crippen LogP contribution in [0, 0.1) is 6.92 Å². The fourth-order valence-electron chi connectivity index (χ4n) is 1.31. The minimum Gasteiger partial charge on any atom is -0.236 e. The van der Waals surface area contributed by atoms with Crippen LogP contribution in [0.2, 0.25) is 0 Å². The number of rotatable bonds is 1. The molecule has 0 N–H and O–H groups in total. The maximum atomic E-state index is 4.22. The van der Waals surface area contributed by atoms with E-state index >= 15 is 0 Å². The summed E-state index contributed by atoms with van der Waals surface area (Å²) in [5.41, 5.74) is 2.27. The first-order valence-corrected chi connectivity index (χ1v) is 5.29. The molecule has 0 aliphatic rings. The van der Waals surface area contributed by atoms with Crippen LogP contribution >= 0.6 is 11.8 Å². The Balaban J connectivity index is 2.79. The molecule has 0 unspecified atom stereocenters. The molecule has 0 atom stereocenters. The second kappa shape index (κ2) is 3.34. The Morgan fingerprint density at radius 3 is 2.85 bits per heavy atom. The van der Waals surface area contributed by atoms with Crippen LogP contribution in [-0.2, 0) is 0 Å². The van der Waals surface area contributed by atoms with Gasteiger partial charge in [-0.1, -0.05) is 11.6 Å². The van der Waals surface area contributed by atoms with Crippen molar-refractivity contribution in [1.82, 2.24) is 9.97 Å². The summed E-state index contributed by atoms with van der Waals surface area (Å²) in [5, 5.41) is 2.20. The Bertz CT molecular complexity index is 440. The molecule has 2 nitrogen and oxygen atoms in total. The summed E-state index contributed by atoms with van der Waals surface area (Å²) in [6, 6.07) is 6.23. The van der Waals surface area contributed by atoms with Crippen molar-refractivity contribution in [1.29, 1.82) is 0 Å². The van der Waals surface area contributed by atoms with E-state index in [9.17, 15) is 0 Å². The van der Waals surface area contributed by atoms with Crippen molar-refractivity contribution in [3.63, 3.8) is 0 Å². The molecule has 1 aromatic carbocycles. The predicted octanol–water partition coefficient (Wildman–Crippen LogP) is 2.66. The molecule has 0 aliphatic heterocycles. The van der Waals surface area contributed by atoms with Crippen LogP contribution in [0.5, 0.6) is 0 Å². The normalized spacial score (nSPS) is 10.6. The molecule has 66 valence electrons. The molecule has 0 saturated heterocycles. The minimum absolute atomic E-state index is 1.02. The lowest BCUT2D eigenvalue weighted by molar-refractivity contribution is 1.10. The van der Waals surface area contributed by atoms with Crippen molar-refractivity contribution >= 4 is 22.7 Å². The first kappa shape index (κ1) is 8.51. The fourth-order valence-corrected chi connectivity index (χ4v) is 1.85. The van der Waals surface area contributed by atoms with Gasteiger partial charge < -0.3 is 0 Å². The van der Waals surface area contributed by atoms with E-state index < -0.39 is 0 Å². The molecule has 0 radical (unpaired) electrons. The summed E-state index contributed by atoms with van der Waals surface area (Å²) in [5.74, 6) is 0. The average molecular weight is 190 g/mol. The highest BCUT2D eigenvalue weighted by atomic mass is 32.2. The van der Waals surface area contributed by atoms with Gasteiger partial charge in [0.05, 0.1) is 5.52 Å². The van der Waals surface area contributed by atoms with Gasteiger partial charge >= 0.3 is 0 Å². The molecule has 3 heteroatoms. The van der Waals surface area contributed by atoms with Crippen LogP contribution in [0.3, 0.4) is 0 Å². The van der Waals surface area contributed by atoms with E-state index in [0.717, 1.165) is 15.9 Å². The minimum atomic E-state index is 1.02. The standard InChI is InChI=1S/C10H10N2S/c1-7-3-4-9-8(5-7)10(13-2)12-6-11-9/h3-6H,1-2H3. The molecule has 2 rings (SSSR count). The number of hydrogen-bond donors (Lipinski definition) is 0. The van der Waals surface area contributed by atoms with Gasteiger partial charge in [0, 0.05) is 5.39 Å². The number of thioether (sulfide) groups is 1. The van der Waals surface area contributed by atoms with Gasteiger partial charge in [0.1, 0.15) is 11.4 Å². The van der Waals surface area contributed by atoms with Gasteiger partial charge in [0.15, 0.2) is 0 Å². The van der Waals surface area contributed by atoms with Crippen molar-refractivity contribution in [2.24, 2.45) is 0 Å². The predicted molar refractivity (Wildman–Crippen MR) is 56.1 cm³/mol. The molecular formula is C10H10N2S. The fraction of sp³-hybridized carbons (Fsp3) is 0.200. The Morgan fingerprint density at radius 2 is 2.08 bits per heavy atom. The van der Waals surface area contributed by atoms with Gasteiger partial charge in [-0.25, -0.2) is 9.97 Å². The van der Waals surface area contributed by atoms with Gasteiger partial charge in [-0.05, 0) is 25.3 Å². The van der Waals surface area contributed by atoms with Gasteiger partial charge in [-0.2, -0.15) is 0 Å². The zero-order chi connectivity index (χ0) is 9.26. The van der Waals surface area contributed by atoms with Gasteiger partial charge in [0.2, 0.25) is 0 Å². The Morgan fingerprint density at radius 1 is 1.23 bits per heavy atom. The van der Waals surface area contributed by atoms with E-state index in [1.165, 1.54) is 5.56 Å². The number of aryl methyl sites for hydroxylation is 1. The smallest absolute Gasteiger partial charge is 0.117 e. The molecule has 0 saturated carbocycles. The third-order valence-electron chi connectivity index (χ3n) is 1.95. The second-order valence-electron chi connectivity index (χ2n) is 2.90. The molecule has 2 aromatic rings. The summed E-state index contributed by atoms with van der Waals surface area (Å²) in [6.07, 6.45) is 3.65. The van der Waals surface area contributed by atoms with Gasteiger partial charge in [-0.15, -0.1) is 11.8 Å². The van der Waals surface area contributed by atoms with E-state index in [-0.39, 0.29) is 0 Å². The highest BCUT2D eigenvalue weighted by Crippen LogP contribution is 2.22. The third kappa shape index (κ3) is 1.52. The number of aromatic nitrogens is 2. The first-order valence-electron chi connectivity index (χ1n) is 4.06. The molecule has 0 bridgehead atoms. The average Bonchev–Trinajstić information content (AvgIpc) is 2.17. The zero-order valence-electron chi connectivity index (χ0n) is 7.61. The third-order valence-corrected chi connectivity index (χ3v) is 2.66. The maximum Gasteiger partial charge on any atom is 0.117 e. The zero-order valence-corrected chi connectivity index (χ0v) is 8.43. The van der Waals surface area contributed by atoms with Crippen LogP contribution in [0.15, 0.2) is 29.6 Å². The van der Waals surface area contributed by atoms with Crippen LogP contribution in [0.25, 0.3) is 10.9 Å². The van der Waals surface area contributed by atoms with Crippen molar-refractivity contribution in [2.45, 2.75) is 11.9 Å². The Hall–Kier alpha value is -1.09. The number of nitrogens with zero attached hydrogens (tertiary/aromatic N) is 2. The van der Waals surface area contributed by atoms with Crippen LogP contribution in [0.4, 0.5) is 0 Å². The molecule has 0 fully saturated rings. The van der Waals surface area contributed by atoms with Crippen molar-refractivity contribution < 1.29 is 0 Å². The molecule has 13 heavy (non-hydrogen) atoms. The van der Waals surface area contributed by atoms with Crippen LogP contribution in [-0.4, -0.2) is 16.2 Å². The van der Waals surface area contributed by atoms with Crippen LogP contribution < -0.4 is 0 Å². The van der Waals surface area contributed by atoms with Crippen LogP contribution in [0.1, 0.15) is 5.56 Å². The van der Waals surface area contributed by atoms with E-state index in [0.29, 0.717) is 0 Å². The monoisotopic (exact) mass is 190 g/mol. The van der Waals surface area contributed by atoms with Gasteiger partial charge in [-0.3, -0.25) is 0 Å². The molecule has 1 heterocycles. The summed E-state index contributed by atoms with van der Waals surface area (Å²) >= 11 is 1.66. The van der Waals surface area contributed by atoms with Crippen molar-refractivity contribution in [2.75, 3.05) is 6.26 Å². The quantitative estimate of drug-likeness (QED) is 0.510. The van der Waals surface area contributed by atoms with E-state index in [2.05, 4.69) is 29.0 Å². The topological polar surface area (TPSA) is 25.8 Å². The lowest BCUT2D eigenvalue weighted by atomic mass is 10.2. The molecule has 1 aromatic heterocycles. The summed E-state index contributed by atoms with van der Waals surface area (Å²) in [7, 11) is 0. The number of fused-ring (bicyclic) bond motifs is 1. The molecule has 0 spiro atoms. The molecule has 0 aliphatic carbocycles. The highest BCUT2D eigenvalue weighted by Gasteiger charge is 2.01. The summed E-state index contributed by atoms with van der Waals surface area (Å²) < 4.78 is 0. The lowest BCUT2D eigenvalue weighted by Crippen LogP contribution is -1.86. The maximum absolute atomic E-state index is 4.22. The van der Waals surface area contributed by atoms with Gasteiger partial charge in [0.25, 0.3) is 0 Å². The Kier molecular flexibility index (Phi) is 2.19. The largest absolute Gasteiger partial charge is 0.236 e. The molecule has 0 amide bonds. The number of benzene rings is 1. The molecular weight excluding hydrogens is 180 g/mol. The van der Waals surface area contributed by atoms with E-state index in [1.54, 1.807) is 18.1 Å². The lowest BCUT2D eigenvalue weighted by Gasteiger charge is -2.01. The second-order valence-corrected chi connectivity index (χ2v) is 3.70. The SMILES string of the molecule is CSc1ncnc2ccc(C)cc12. The first-order chi connectivity index (χ1) is 6.31. The van der Waals surface area contributed by atoms with E-state index in [4.69, 9.17) is 0 Å². The summed E-state index contributed by atoms with van der Waals surface area (Å²) in [6.45, 7) is 2.08. The highest BCUT2D eigenvalue weighted by molar-refractivity contribution is 7.98. The summed E-state index contributed by atoms with van der Waals surface area (Å²) in [4.78, 5) is 8.42. The van der Waals surface area contributed by atoms with E-state index in [1.807, 2.05) is 12.3 Å².